The summed E-state index contributed by atoms with van der Waals surface area (Å²) >= 11 is 2.76. The quantitative estimate of drug-likeness (QED) is 0.325. The number of nitrogens with zero attached hydrogens (tertiary/aromatic N) is 1. The van der Waals surface area contributed by atoms with Crippen molar-refractivity contribution in [3.8, 4) is 5.75 Å². The van der Waals surface area contributed by atoms with E-state index >= 15 is 0 Å². The van der Waals surface area contributed by atoms with E-state index < -0.39 is 6.10 Å². The molecule has 140 valence electrons. The minimum atomic E-state index is -0.851. The molecule has 0 fully saturated rings. The summed E-state index contributed by atoms with van der Waals surface area (Å²) in [4.78, 5) is 17.7. The van der Waals surface area contributed by atoms with Crippen LogP contribution in [0.1, 0.15) is 16.5 Å². The molecule has 0 aliphatic heterocycles. The standard InChI is InChI=1S/C20H16N4O2S2/c21-18(22)16-11-13-14(7-4-8-15(13)28-16)26-17(12-5-2-1-3-6-12)19(25)24-20-23-9-10-27-20/h1-11,17H,(H3,21,22)(H,23,24,25). The number of hydrogen-bond donors (Lipinski definition) is 3. The number of hydrogen-bond acceptors (Lipinski definition) is 6. The van der Waals surface area contributed by atoms with Gasteiger partial charge in [-0.2, -0.15) is 0 Å². The fourth-order valence-electron chi connectivity index (χ4n) is 2.75. The number of thiophene rings is 1. The Morgan fingerprint density at radius 3 is 2.71 bits per heavy atom. The number of aromatic nitrogens is 1. The van der Waals surface area contributed by atoms with Crippen molar-refractivity contribution in [2.75, 3.05) is 5.32 Å². The Hall–Kier alpha value is -3.23. The highest BCUT2D eigenvalue weighted by molar-refractivity contribution is 7.20. The van der Waals surface area contributed by atoms with Crippen LogP contribution in [-0.2, 0) is 4.79 Å². The van der Waals surface area contributed by atoms with Gasteiger partial charge in [-0.1, -0.05) is 36.4 Å². The second-order valence-corrected chi connectivity index (χ2v) is 7.91. The number of amides is 1. The zero-order valence-corrected chi connectivity index (χ0v) is 16.2. The van der Waals surface area contributed by atoms with Crippen LogP contribution in [0.4, 0.5) is 5.13 Å². The first-order valence-corrected chi connectivity index (χ1v) is 10.1. The molecule has 6 nitrogen and oxygen atoms in total. The summed E-state index contributed by atoms with van der Waals surface area (Å²) in [5.74, 6) is 0.262. The first-order chi connectivity index (χ1) is 13.6. The van der Waals surface area contributed by atoms with Crippen molar-refractivity contribution in [3.05, 3.63) is 76.6 Å². The minimum Gasteiger partial charge on any atom is -0.475 e. The molecule has 2 aromatic carbocycles. The van der Waals surface area contributed by atoms with Crippen LogP contribution in [0.3, 0.4) is 0 Å². The van der Waals surface area contributed by atoms with Crippen molar-refractivity contribution < 1.29 is 9.53 Å². The average molecular weight is 409 g/mol. The highest BCUT2D eigenvalue weighted by Crippen LogP contribution is 2.35. The number of nitrogens with one attached hydrogen (secondary N) is 2. The maximum atomic E-state index is 12.9. The van der Waals surface area contributed by atoms with Crippen LogP contribution in [0, 0.1) is 5.41 Å². The highest BCUT2D eigenvalue weighted by atomic mass is 32.1. The number of ether oxygens (including phenoxy) is 1. The molecule has 0 aliphatic carbocycles. The maximum Gasteiger partial charge on any atom is 0.271 e. The number of fused-ring (bicyclic) bond motifs is 1. The molecule has 0 aliphatic rings. The van der Waals surface area contributed by atoms with Gasteiger partial charge in [-0.25, -0.2) is 4.98 Å². The normalized spacial score (nSPS) is 11.9. The van der Waals surface area contributed by atoms with Gasteiger partial charge < -0.3 is 10.5 Å². The summed E-state index contributed by atoms with van der Waals surface area (Å²) in [6, 6.07) is 16.7. The lowest BCUT2D eigenvalue weighted by molar-refractivity contribution is -0.123. The van der Waals surface area contributed by atoms with E-state index in [0.717, 1.165) is 15.6 Å². The molecule has 2 aromatic heterocycles. The molecule has 4 N–H and O–H groups in total. The summed E-state index contributed by atoms with van der Waals surface area (Å²) in [6.07, 6.45) is 0.782. The predicted molar refractivity (Wildman–Crippen MR) is 113 cm³/mol. The molecule has 4 rings (SSSR count). The van der Waals surface area contributed by atoms with Crippen molar-refractivity contribution in [1.82, 2.24) is 4.98 Å². The van der Waals surface area contributed by atoms with Crippen molar-refractivity contribution >= 4 is 49.6 Å². The van der Waals surface area contributed by atoms with Gasteiger partial charge in [-0.05, 0) is 18.2 Å². The molecular formula is C20H16N4O2S2. The molecule has 0 saturated heterocycles. The van der Waals surface area contributed by atoms with Gasteiger partial charge in [-0.15, -0.1) is 22.7 Å². The fourth-order valence-corrected chi connectivity index (χ4v) is 4.23. The van der Waals surface area contributed by atoms with Gasteiger partial charge in [0.15, 0.2) is 5.13 Å². The largest absolute Gasteiger partial charge is 0.475 e. The molecule has 4 aromatic rings. The molecule has 0 saturated carbocycles. The number of benzene rings is 2. The van der Waals surface area contributed by atoms with Gasteiger partial charge in [-0.3, -0.25) is 15.5 Å². The third-order valence-corrected chi connectivity index (χ3v) is 5.86. The van der Waals surface area contributed by atoms with E-state index in [1.54, 1.807) is 11.6 Å². The SMILES string of the molecule is N=C(N)c1cc2c(OC(C(=O)Nc3nccs3)c3ccccc3)cccc2s1. The van der Waals surface area contributed by atoms with E-state index in [2.05, 4.69) is 10.3 Å². The Kier molecular flexibility index (Phi) is 5.05. The van der Waals surface area contributed by atoms with Crippen molar-refractivity contribution in [2.45, 2.75) is 6.10 Å². The Morgan fingerprint density at radius 1 is 1.18 bits per heavy atom. The smallest absolute Gasteiger partial charge is 0.271 e. The number of nitrogens with two attached hydrogens (primary N) is 1. The summed E-state index contributed by atoms with van der Waals surface area (Å²) in [5, 5.41) is 13.6. The first kappa shape index (κ1) is 18.1. The summed E-state index contributed by atoms with van der Waals surface area (Å²) in [6.45, 7) is 0. The molecule has 1 unspecified atom stereocenters. The summed E-state index contributed by atoms with van der Waals surface area (Å²) in [5.41, 5.74) is 6.36. The average Bonchev–Trinajstić information content (AvgIpc) is 3.36. The Labute approximate surface area is 169 Å². The summed E-state index contributed by atoms with van der Waals surface area (Å²) in [7, 11) is 0. The minimum absolute atomic E-state index is 0.00766. The number of carbonyl (C=O) groups is 1. The first-order valence-electron chi connectivity index (χ1n) is 8.41. The molecule has 0 spiro atoms. The Morgan fingerprint density at radius 2 is 2.00 bits per heavy atom. The molecular weight excluding hydrogens is 392 g/mol. The number of thiazole rings is 1. The third kappa shape index (κ3) is 3.73. The van der Waals surface area contributed by atoms with Gasteiger partial charge >= 0.3 is 0 Å². The van der Waals surface area contributed by atoms with E-state index in [0.29, 0.717) is 15.8 Å². The molecule has 2 heterocycles. The number of amidine groups is 1. The summed E-state index contributed by atoms with van der Waals surface area (Å²) < 4.78 is 7.12. The second kappa shape index (κ2) is 7.79. The van der Waals surface area contributed by atoms with Gasteiger partial charge in [0.1, 0.15) is 11.6 Å². The maximum absolute atomic E-state index is 12.9. The second-order valence-electron chi connectivity index (χ2n) is 5.93. The molecule has 1 atom stereocenters. The van der Waals surface area contributed by atoms with Gasteiger partial charge in [0.05, 0.1) is 4.88 Å². The van der Waals surface area contributed by atoms with Crippen molar-refractivity contribution in [1.29, 1.82) is 5.41 Å². The number of carbonyl (C=O) groups excluding carboxylic acids is 1. The Balaban J connectivity index is 1.70. The van der Waals surface area contributed by atoms with Crippen LogP contribution < -0.4 is 15.8 Å². The monoisotopic (exact) mass is 408 g/mol. The van der Waals surface area contributed by atoms with Crippen LogP contribution in [0.2, 0.25) is 0 Å². The molecule has 0 radical (unpaired) electrons. The lowest BCUT2D eigenvalue weighted by atomic mass is 10.1. The van der Waals surface area contributed by atoms with Gasteiger partial charge in [0.2, 0.25) is 6.10 Å². The molecule has 1 amide bonds. The lowest BCUT2D eigenvalue weighted by Crippen LogP contribution is -2.25. The number of rotatable bonds is 6. The van der Waals surface area contributed by atoms with E-state index in [-0.39, 0.29) is 11.7 Å². The predicted octanol–water partition coefficient (Wildman–Crippen LogP) is 4.40. The van der Waals surface area contributed by atoms with Crippen LogP contribution in [0.5, 0.6) is 5.75 Å². The van der Waals surface area contributed by atoms with E-state index in [4.69, 9.17) is 15.9 Å². The zero-order valence-electron chi connectivity index (χ0n) is 14.6. The van der Waals surface area contributed by atoms with Crippen molar-refractivity contribution in [3.63, 3.8) is 0 Å². The number of nitrogen functional groups attached to an aromatic ring is 1. The van der Waals surface area contributed by atoms with Crippen LogP contribution in [0.15, 0.2) is 66.2 Å². The zero-order chi connectivity index (χ0) is 19.5. The topological polar surface area (TPSA) is 101 Å². The van der Waals surface area contributed by atoms with E-state index in [9.17, 15) is 4.79 Å². The van der Waals surface area contributed by atoms with Crippen LogP contribution in [0.25, 0.3) is 10.1 Å². The third-order valence-electron chi connectivity index (χ3n) is 4.03. The molecule has 0 bridgehead atoms. The molecule has 8 heteroatoms. The number of anilines is 1. The fraction of sp³-hybridized carbons (Fsp3) is 0.0500. The van der Waals surface area contributed by atoms with Gasteiger partial charge in [0, 0.05) is 27.2 Å². The Bertz CT molecular complexity index is 1120. The van der Waals surface area contributed by atoms with E-state index in [1.807, 2.05) is 54.6 Å². The van der Waals surface area contributed by atoms with E-state index in [1.165, 1.54) is 22.7 Å². The van der Waals surface area contributed by atoms with Gasteiger partial charge in [0.25, 0.3) is 5.91 Å². The molecule has 28 heavy (non-hydrogen) atoms. The van der Waals surface area contributed by atoms with Crippen molar-refractivity contribution in [2.24, 2.45) is 5.73 Å². The highest BCUT2D eigenvalue weighted by Gasteiger charge is 2.24. The lowest BCUT2D eigenvalue weighted by Gasteiger charge is -2.19. The van der Waals surface area contributed by atoms with Crippen LogP contribution >= 0.6 is 22.7 Å². The van der Waals surface area contributed by atoms with Crippen LogP contribution in [-0.4, -0.2) is 16.7 Å².